The summed E-state index contributed by atoms with van der Waals surface area (Å²) in [4.78, 5) is 0. The van der Waals surface area contributed by atoms with E-state index in [0.717, 1.165) is 6.07 Å². The van der Waals surface area contributed by atoms with Crippen LogP contribution in [0.25, 0.3) is 0 Å². The lowest BCUT2D eigenvalue weighted by Crippen LogP contribution is -2.22. The fourth-order valence-corrected chi connectivity index (χ4v) is 1.51. The molecule has 3 N–H and O–H groups in total. The summed E-state index contributed by atoms with van der Waals surface area (Å²) in [6, 6.07) is 5.36. The molecule has 0 aromatic heterocycles. The Hall–Kier alpha value is -1.07. The first-order valence-corrected chi connectivity index (χ1v) is 4.95. The molecule has 1 atom stereocenters. The van der Waals surface area contributed by atoms with Crippen molar-refractivity contribution >= 4 is 0 Å². The van der Waals surface area contributed by atoms with Gasteiger partial charge in [-0.15, -0.1) is 0 Å². The van der Waals surface area contributed by atoms with Gasteiger partial charge in [0.25, 0.3) is 0 Å². The molecule has 0 spiro atoms. The van der Waals surface area contributed by atoms with Gasteiger partial charge < -0.3 is 10.8 Å². The molecule has 90 valence electrons. The Morgan fingerprint density at radius 2 is 1.88 bits per heavy atom. The molecule has 1 aromatic carbocycles. The van der Waals surface area contributed by atoms with Crippen LogP contribution in [0, 0.1) is 5.92 Å². The minimum absolute atomic E-state index is 0.142. The molecule has 16 heavy (non-hydrogen) atoms. The Balaban J connectivity index is 2.95. The van der Waals surface area contributed by atoms with Gasteiger partial charge in [0.05, 0.1) is 5.56 Å². The second kappa shape index (κ2) is 5.32. The van der Waals surface area contributed by atoms with Crippen LogP contribution in [-0.4, -0.2) is 18.3 Å². The molecule has 0 saturated heterocycles. The van der Waals surface area contributed by atoms with Gasteiger partial charge in [0.1, 0.15) is 0 Å². The Labute approximate surface area is 91.9 Å². The molecule has 0 heterocycles. The standard InChI is InChI=1S/C11H14F3NO/c12-11(13,14)10-4-2-1-3-9(10)5-8(6-15)7-16/h1-4,8,16H,5-7,15H2/t8-/m1/s1. The zero-order valence-corrected chi connectivity index (χ0v) is 8.67. The molecule has 0 bridgehead atoms. The first-order chi connectivity index (χ1) is 7.49. The van der Waals surface area contributed by atoms with Crippen LogP contribution < -0.4 is 5.73 Å². The zero-order chi connectivity index (χ0) is 12.2. The summed E-state index contributed by atoms with van der Waals surface area (Å²) in [7, 11) is 0. The van der Waals surface area contributed by atoms with Gasteiger partial charge in [-0.05, 0) is 30.5 Å². The topological polar surface area (TPSA) is 46.2 Å². The Bertz CT molecular complexity index is 334. The van der Waals surface area contributed by atoms with Crippen molar-refractivity contribution in [3.05, 3.63) is 35.4 Å². The predicted molar refractivity (Wildman–Crippen MR) is 54.8 cm³/mol. The van der Waals surface area contributed by atoms with E-state index < -0.39 is 11.7 Å². The lowest BCUT2D eigenvalue weighted by Gasteiger charge is -2.16. The first kappa shape index (κ1) is 13.0. The number of hydrogen-bond acceptors (Lipinski definition) is 2. The quantitative estimate of drug-likeness (QED) is 0.833. The molecule has 0 aliphatic heterocycles. The van der Waals surface area contributed by atoms with E-state index in [0.29, 0.717) is 0 Å². The van der Waals surface area contributed by atoms with Crippen molar-refractivity contribution in [3.63, 3.8) is 0 Å². The molecule has 0 unspecified atom stereocenters. The first-order valence-electron chi connectivity index (χ1n) is 4.95. The summed E-state index contributed by atoms with van der Waals surface area (Å²) in [5.74, 6) is -0.330. The van der Waals surface area contributed by atoms with Crippen LogP contribution in [0.15, 0.2) is 24.3 Å². The maximum atomic E-state index is 12.6. The van der Waals surface area contributed by atoms with Gasteiger partial charge in [-0.3, -0.25) is 0 Å². The predicted octanol–water partition coefficient (Wildman–Crippen LogP) is 1.82. The number of halogens is 3. The molecule has 0 amide bonds. The van der Waals surface area contributed by atoms with Crippen LogP contribution in [0.4, 0.5) is 13.2 Å². The van der Waals surface area contributed by atoms with E-state index in [1.165, 1.54) is 12.1 Å². The molecular formula is C11H14F3NO. The number of benzene rings is 1. The van der Waals surface area contributed by atoms with Crippen molar-refractivity contribution < 1.29 is 18.3 Å². The van der Waals surface area contributed by atoms with E-state index in [1.54, 1.807) is 6.07 Å². The third-order valence-corrected chi connectivity index (χ3v) is 2.42. The maximum Gasteiger partial charge on any atom is 0.416 e. The van der Waals surface area contributed by atoms with Gasteiger partial charge in [-0.1, -0.05) is 18.2 Å². The molecule has 1 rings (SSSR count). The molecule has 0 aliphatic carbocycles. The lowest BCUT2D eigenvalue weighted by molar-refractivity contribution is -0.138. The lowest BCUT2D eigenvalue weighted by atomic mass is 9.96. The van der Waals surface area contributed by atoms with Crippen LogP contribution in [0.5, 0.6) is 0 Å². The summed E-state index contributed by atoms with van der Waals surface area (Å²) in [5, 5.41) is 8.92. The molecular weight excluding hydrogens is 219 g/mol. The van der Waals surface area contributed by atoms with Crippen molar-refractivity contribution in [2.75, 3.05) is 13.2 Å². The van der Waals surface area contributed by atoms with Crippen LogP contribution >= 0.6 is 0 Å². The zero-order valence-electron chi connectivity index (χ0n) is 8.67. The number of hydrogen-bond donors (Lipinski definition) is 2. The highest BCUT2D eigenvalue weighted by atomic mass is 19.4. The van der Waals surface area contributed by atoms with Crippen LogP contribution in [0.2, 0.25) is 0 Å². The monoisotopic (exact) mass is 233 g/mol. The highest BCUT2D eigenvalue weighted by Crippen LogP contribution is 2.32. The van der Waals surface area contributed by atoms with Crippen LogP contribution in [-0.2, 0) is 12.6 Å². The molecule has 1 aromatic rings. The van der Waals surface area contributed by atoms with E-state index in [-0.39, 0.29) is 31.1 Å². The van der Waals surface area contributed by atoms with E-state index >= 15 is 0 Å². The fourth-order valence-electron chi connectivity index (χ4n) is 1.51. The number of aliphatic hydroxyl groups excluding tert-OH is 1. The molecule has 0 fully saturated rings. The fraction of sp³-hybridized carbons (Fsp3) is 0.455. The highest BCUT2D eigenvalue weighted by Gasteiger charge is 2.33. The van der Waals surface area contributed by atoms with Gasteiger partial charge in [-0.2, -0.15) is 13.2 Å². The molecule has 2 nitrogen and oxygen atoms in total. The van der Waals surface area contributed by atoms with E-state index in [9.17, 15) is 13.2 Å². The minimum Gasteiger partial charge on any atom is -0.396 e. The van der Waals surface area contributed by atoms with Crippen LogP contribution in [0.3, 0.4) is 0 Å². The van der Waals surface area contributed by atoms with Crippen molar-refractivity contribution in [3.8, 4) is 0 Å². The summed E-state index contributed by atoms with van der Waals surface area (Å²) >= 11 is 0. The largest absolute Gasteiger partial charge is 0.416 e. The molecule has 0 aliphatic rings. The average molecular weight is 233 g/mol. The van der Waals surface area contributed by atoms with Gasteiger partial charge in [-0.25, -0.2) is 0 Å². The van der Waals surface area contributed by atoms with E-state index in [2.05, 4.69) is 0 Å². The van der Waals surface area contributed by atoms with Gasteiger partial charge in [0.15, 0.2) is 0 Å². The average Bonchev–Trinajstić information content (AvgIpc) is 2.25. The van der Waals surface area contributed by atoms with E-state index in [4.69, 9.17) is 10.8 Å². The summed E-state index contributed by atoms with van der Waals surface area (Å²) in [6.07, 6.45) is -4.21. The normalized spacial score (nSPS) is 13.8. The molecule has 0 saturated carbocycles. The van der Waals surface area contributed by atoms with Gasteiger partial charge >= 0.3 is 6.18 Å². The number of rotatable bonds is 4. The number of nitrogens with two attached hydrogens (primary N) is 1. The van der Waals surface area contributed by atoms with Crippen molar-refractivity contribution in [1.29, 1.82) is 0 Å². The van der Waals surface area contributed by atoms with Gasteiger partial charge in [0, 0.05) is 6.61 Å². The second-order valence-electron chi connectivity index (χ2n) is 3.64. The highest BCUT2D eigenvalue weighted by molar-refractivity contribution is 5.30. The van der Waals surface area contributed by atoms with Crippen molar-refractivity contribution in [2.45, 2.75) is 12.6 Å². The smallest absolute Gasteiger partial charge is 0.396 e. The Morgan fingerprint density at radius 1 is 1.25 bits per heavy atom. The van der Waals surface area contributed by atoms with Crippen molar-refractivity contribution in [1.82, 2.24) is 0 Å². The van der Waals surface area contributed by atoms with Gasteiger partial charge in [0.2, 0.25) is 0 Å². The second-order valence-corrected chi connectivity index (χ2v) is 3.64. The summed E-state index contributed by atoms with van der Waals surface area (Å²) < 4.78 is 37.8. The Morgan fingerprint density at radius 3 is 2.38 bits per heavy atom. The molecule has 5 heteroatoms. The minimum atomic E-state index is -4.36. The van der Waals surface area contributed by atoms with Crippen molar-refractivity contribution in [2.24, 2.45) is 11.7 Å². The summed E-state index contributed by atoms with van der Waals surface area (Å²) in [5.41, 5.74) is 4.88. The molecule has 0 radical (unpaired) electrons. The summed E-state index contributed by atoms with van der Waals surface area (Å²) in [6.45, 7) is -0.0363. The van der Waals surface area contributed by atoms with E-state index in [1.807, 2.05) is 0 Å². The number of alkyl halides is 3. The third kappa shape index (κ3) is 3.21. The SMILES string of the molecule is NC[C@H](CO)Cc1ccccc1C(F)(F)F. The maximum absolute atomic E-state index is 12.6. The third-order valence-electron chi connectivity index (χ3n) is 2.42. The van der Waals surface area contributed by atoms with Crippen LogP contribution in [0.1, 0.15) is 11.1 Å². The Kier molecular flexibility index (Phi) is 4.32. The number of aliphatic hydroxyl groups is 1.